The van der Waals surface area contributed by atoms with E-state index >= 15 is 0 Å². The van der Waals surface area contributed by atoms with Crippen LogP contribution in [-0.4, -0.2) is 16.5 Å². The van der Waals surface area contributed by atoms with Crippen molar-refractivity contribution in [2.45, 2.75) is 33.1 Å². The lowest BCUT2D eigenvalue weighted by molar-refractivity contribution is 0.580. The van der Waals surface area contributed by atoms with Gasteiger partial charge in [0.15, 0.2) is 0 Å². The van der Waals surface area contributed by atoms with Crippen molar-refractivity contribution in [3.8, 4) is 0 Å². The molecule has 0 radical (unpaired) electrons. The third-order valence-corrected chi connectivity index (χ3v) is 3.08. The van der Waals surface area contributed by atoms with Gasteiger partial charge in [-0.05, 0) is 43.0 Å². The van der Waals surface area contributed by atoms with E-state index in [1.54, 1.807) is 0 Å². The zero-order valence-corrected chi connectivity index (χ0v) is 12.5. The molecule has 2 aromatic rings. The number of halogens is 2. The maximum absolute atomic E-state index is 13.1. The molecular weight excluding hydrogens is 272 g/mol. The molecule has 1 N–H and O–H groups in total. The van der Waals surface area contributed by atoms with E-state index in [2.05, 4.69) is 29.1 Å². The molecule has 0 bridgehead atoms. The highest BCUT2D eigenvalue weighted by Gasteiger charge is 2.06. The summed E-state index contributed by atoms with van der Waals surface area (Å²) in [5.41, 5.74) is 2.48. The van der Waals surface area contributed by atoms with E-state index in [1.807, 2.05) is 13.0 Å². The summed E-state index contributed by atoms with van der Waals surface area (Å²) >= 11 is 0. The molecule has 1 aromatic heterocycles. The van der Waals surface area contributed by atoms with Crippen LogP contribution < -0.4 is 5.32 Å². The predicted octanol–water partition coefficient (Wildman–Crippen LogP) is 3.84. The highest BCUT2D eigenvalue weighted by atomic mass is 19.1. The van der Waals surface area contributed by atoms with Gasteiger partial charge in [-0.2, -0.15) is 0 Å². The number of aryl methyl sites for hydroxylation is 1. The molecular formula is C16H19F2N3. The molecule has 0 fully saturated rings. The fraction of sp³-hybridized carbons (Fsp3) is 0.375. The first kappa shape index (κ1) is 15.4. The van der Waals surface area contributed by atoms with Gasteiger partial charge in [0.2, 0.25) is 5.95 Å². The summed E-state index contributed by atoms with van der Waals surface area (Å²) in [6.07, 6.45) is 0.503. The Morgan fingerprint density at radius 2 is 1.71 bits per heavy atom. The van der Waals surface area contributed by atoms with Crippen LogP contribution in [0.25, 0.3) is 0 Å². The van der Waals surface area contributed by atoms with Crippen molar-refractivity contribution >= 4 is 5.95 Å². The zero-order chi connectivity index (χ0) is 15.4. The minimum absolute atomic E-state index is 0.324. The minimum atomic E-state index is -0.557. The predicted molar refractivity (Wildman–Crippen MR) is 79.4 cm³/mol. The van der Waals surface area contributed by atoms with Crippen LogP contribution in [0.2, 0.25) is 0 Å². The molecule has 112 valence electrons. The lowest BCUT2D eigenvalue weighted by atomic mass is 10.1. The second-order valence-corrected chi connectivity index (χ2v) is 5.37. The normalized spacial score (nSPS) is 11.0. The van der Waals surface area contributed by atoms with Crippen LogP contribution >= 0.6 is 0 Å². The molecule has 0 spiro atoms. The fourth-order valence-corrected chi connectivity index (χ4v) is 2.04. The molecule has 0 saturated heterocycles. The van der Waals surface area contributed by atoms with Crippen LogP contribution in [0.1, 0.15) is 36.7 Å². The van der Waals surface area contributed by atoms with Crippen LogP contribution in [0.3, 0.4) is 0 Å². The van der Waals surface area contributed by atoms with Gasteiger partial charge in [0.05, 0.1) is 0 Å². The first-order valence-corrected chi connectivity index (χ1v) is 6.98. The van der Waals surface area contributed by atoms with Gasteiger partial charge < -0.3 is 5.32 Å². The maximum Gasteiger partial charge on any atom is 0.223 e. The Balaban J connectivity index is 2.00. The first-order chi connectivity index (χ1) is 9.94. The van der Waals surface area contributed by atoms with Gasteiger partial charge >= 0.3 is 0 Å². The van der Waals surface area contributed by atoms with Gasteiger partial charge in [0, 0.05) is 24.0 Å². The van der Waals surface area contributed by atoms with E-state index in [0.29, 0.717) is 30.4 Å². The molecule has 0 amide bonds. The van der Waals surface area contributed by atoms with E-state index < -0.39 is 11.6 Å². The highest BCUT2D eigenvalue weighted by molar-refractivity contribution is 5.30. The van der Waals surface area contributed by atoms with Crippen molar-refractivity contribution in [1.29, 1.82) is 0 Å². The Bertz CT molecular complexity index is 607. The summed E-state index contributed by atoms with van der Waals surface area (Å²) in [7, 11) is 0. The molecule has 2 rings (SSSR count). The van der Waals surface area contributed by atoms with Gasteiger partial charge in [-0.25, -0.2) is 18.7 Å². The lowest BCUT2D eigenvalue weighted by Crippen LogP contribution is -2.10. The number of hydrogen-bond donors (Lipinski definition) is 1. The Morgan fingerprint density at radius 3 is 2.33 bits per heavy atom. The van der Waals surface area contributed by atoms with Crippen molar-refractivity contribution in [3.63, 3.8) is 0 Å². The van der Waals surface area contributed by atoms with Gasteiger partial charge in [0.25, 0.3) is 0 Å². The number of nitrogens with one attached hydrogen (secondary N) is 1. The summed E-state index contributed by atoms with van der Waals surface area (Å²) in [4.78, 5) is 8.74. The Kier molecular flexibility index (Phi) is 4.83. The minimum Gasteiger partial charge on any atom is -0.354 e. The molecule has 0 aliphatic carbocycles. The van der Waals surface area contributed by atoms with Crippen molar-refractivity contribution in [1.82, 2.24) is 9.97 Å². The molecule has 3 nitrogen and oxygen atoms in total. The molecule has 0 saturated carbocycles. The van der Waals surface area contributed by atoms with E-state index in [4.69, 9.17) is 0 Å². The molecule has 0 atom stereocenters. The smallest absolute Gasteiger partial charge is 0.223 e. The average molecular weight is 291 g/mol. The van der Waals surface area contributed by atoms with Gasteiger partial charge in [0.1, 0.15) is 11.6 Å². The second-order valence-electron chi connectivity index (χ2n) is 5.37. The summed E-state index contributed by atoms with van der Waals surface area (Å²) in [6, 6.07) is 5.50. The Morgan fingerprint density at radius 1 is 1.05 bits per heavy atom. The van der Waals surface area contributed by atoms with E-state index in [9.17, 15) is 8.78 Å². The van der Waals surface area contributed by atoms with Gasteiger partial charge in [-0.15, -0.1) is 0 Å². The monoisotopic (exact) mass is 291 g/mol. The zero-order valence-electron chi connectivity index (χ0n) is 12.5. The quantitative estimate of drug-likeness (QED) is 0.909. The summed E-state index contributed by atoms with van der Waals surface area (Å²) in [5, 5.41) is 3.10. The number of rotatable bonds is 5. The molecule has 1 aromatic carbocycles. The fourth-order valence-electron chi connectivity index (χ4n) is 2.04. The molecule has 21 heavy (non-hydrogen) atoms. The lowest BCUT2D eigenvalue weighted by Gasteiger charge is -2.10. The Labute approximate surface area is 123 Å². The maximum atomic E-state index is 13.1. The molecule has 1 heterocycles. The third kappa shape index (κ3) is 4.48. The van der Waals surface area contributed by atoms with Crippen LogP contribution in [0.5, 0.6) is 0 Å². The van der Waals surface area contributed by atoms with Crippen molar-refractivity contribution in [2.24, 2.45) is 0 Å². The topological polar surface area (TPSA) is 37.8 Å². The number of aromatic nitrogens is 2. The van der Waals surface area contributed by atoms with E-state index in [0.717, 1.165) is 17.5 Å². The molecule has 5 heteroatoms. The number of anilines is 1. The van der Waals surface area contributed by atoms with Crippen LogP contribution in [0.15, 0.2) is 24.3 Å². The SMILES string of the molecule is Cc1cc(C(C)C)nc(NCCc2cc(F)cc(F)c2)n1. The van der Waals surface area contributed by atoms with E-state index in [-0.39, 0.29) is 0 Å². The number of hydrogen-bond acceptors (Lipinski definition) is 3. The van der Waals surface area contributed by atoms with Crippen molar-refractivity contribution < 1.29 is 8.78 Å². The van der Waals surface area contributed by atoms with Gasteiger partial charge in [-0.1, -0.05) is 13.8 Å². The molecule has 0 aliphatic heterocycles. The second kappa shape index (κ2) is 6.61. The largest absolute Gasteiger partial charge is 0.354 e. The Hall–Kier alpha value is -2.04. The number of nitrogens with zero attached hydrogens (tertiary/aromatic N) is 2. The molecule has 0 unspecified atom stereocenters. The third-order valence-electron chi connectivity index (χ3n) is 3.08. The van der Waals surface area contributed by atoms with Crippen LogP contribution in [-0.2, 0) is 6.42 Å². The number of benzene rings is 1. The van der Waals surface area contributed by atoms with Crippen LogP contribution in [0, 0.1) is 18.6 Å². The van der Waals surface area contributed by atoms with Crippen LogP contribution in [0.4, 0.5) is 14.7 Å². The highest BCUT2D eigenvalue weighted by Crippen LogP contribution is 2.14. The molecule has 0 aliphatic rings. The van der Waals surface area contributed by atoms with E-state index in [1.165, 1.54) is 12.1 Å². The van der Waals surface area contributed by atoms with Crippen molar-refractivity contribution in [2.75, 3.05) is 11.9 Å². The van der Waals surface area contributed by atoms with Crippen molar-refractivity contribution in [3.05, 3.63) is 52.9 Å². The standard InChI is InChI=1S/C16H19F2N3/c1-10(2)15-6-11(3)20-16(21-15)19-5-4-12-7-13(17)9-14(18)8-12/h6-10H,4-5H2,1-3H3,(H,19,20,21). The van der Waals surface area contributed by atoms with Gasteiger partial charge in [-0.3, -0.25) is 0 Å². The first-order valence-electron chi connectivity index (χ1n) is 6.98. The summed E-state index contributed by atoms with van der Waals surface area (Å²) in [6.45, 7) is 6.58. The summed E-state index contributed by atoms with van der Waals surface area (Å²) in [5.74, 6) is -0.238. The summed E-state index contributed by atoms with van der Waals surface area (Å²) < 4.78 is 26.2. The average Bonchev–Trinajstić information content (AvgIpc) is 2.36.